The molecular formula is C16H21BrFNO3. The van der Waals surface area contributed by atoms with Gasteiger partial charge in [-0.3, -0.25) is 0 Å². The van der Waals surface area contributed by atoms with Crippen LogP contribution in [-0.2, 0) is 4.74 Å². The molecule has 1 aliphatic heterocycles. The van der Waals surface area contributed by atoms with E-state index in [2.05, 4.69) is 15.9 Å². The molecule has 1 aromatic carbocycles. The average molecular weight is 374 g/mol. The van der Waals surface area contributed by atoms with Crippen LogP contribution in [0.1, 0.15) is 33.6 Å². The minimum Gasteiger partial charge on any atom is -0.490 e. The van der Waals surface area contributed by atoms with Crippen molar-refractivity contribution >= 4 is 22.0 Å². The molecule has 22 heavy (non-hydrogen) atoms. The highest BCUT2D eigenvalue weighted by Gasteiger charge is 2.27. The van der Waals surface area contributed by atoms with E-state index in [1.165, 1.54) is 6.07 Å². The molecule has 1 saturated heterocycles. The Kier molecular flexibility index (Phi) is 5.32. The van der Waals surface area contributed by atoms with Crippen LogP contribution in [0.4, 0.5) is 9.18 Å². The lowest BCUT2D eigenvalue weighted by Gasteiger charge is -2.33. The Balaban J connectivity index is 1.84. The van der Waals surface area contributed by atoms with Gasteiger partial charge in [0.2, 0.25) is 0 Å². The van der Waals surface area contributed by atoms with Crippen molar-refractivity contribution in [3.8, 4) is 5.75 Å². The molecule has 4 nitrogen and oxygen atoms in total. The summed E-state index contributed by atoms with van der Waals surface area (Å²) >= 11 is 3.11. The van der Waals surface area contributed by atoms with E-state index < -0.39 is 5.60 Å². The fourth-order valence-corrected chi connectivity index (χ4v) is 2.47. The van der Waals surface area contributed by atoms with E-state index in [9.17, 15) is 9.18 Å². The van der Waals surface area contributed by atoms with Crippen molar-refractivity contribution < 1.29 is 18.7 Å². The van der Waals surface area contributed by atoms with E-state index >= 15 is 0 Å². The molecule has 0 unspecified atom stereocenters. The number of rotatable bonds is 2. The van der Waals surface area contributed by atoms with E-state index in [1.54, 1.807) is 17.0 Å². The summed E-state index contributed by atoms with van der Waals surface area (Å²) in [6.45, 7) is 6.71. The van der Waals surface area contributed by atoms with E-state index in [1.807, 2.05) is 20.8 Å². The van der Waals surface area contributed by atoms with Gasteiger partial charge >= 0.3 is 6.09 Å². The molecular weight excluding hydrogens is 353 g/mol. The lowest BCUT2D eigenvalue weighted by atomic mass is 10.1. The van der Waals surface area contributed by atoms with Crippen LogP contribution >= 0.6 is 15.9 Å². The van der Waals surface area contributed by atoms with Gasteiger partial charge in [-0.15, -0.1) is 0 Å². The van der Waals surface area contributed by atoms with E-state index in [4.69, 9.17) is 9.47 Å². The maximum absolute atomic E-state index is 13.5. The lowest BCUT2D eigenvalue weighted by molar-refractivity contribution is 0.0126. The van der Waals surface area contributed by atoms with Crippen LogP contribution in [0.5, 0.6) is 5.75 Å². The first-order chi connectivity index (χ1) is 10.2. The first-order valence-electron chi connectivity index (χ1n) is 7.34. The topological polar surface area (TPSA) is 38.8 Å². The molecule has 0 N–H and O–H groups in total. The molecule has 0 radical (unpaired) electrons. The number of piperidine rings is 1. The van der Waals surface area contributed by atoms with Gasteiger partial charge in [0.05, 0.1) is 4.47 Å². The summed E-state index contributed by atoms with van der Waals surface area (Å²) in [4.78, 5) is 13.7. The molecule has 1 aromatic rings. The monoisotopic (exact) mass is 373 g/mol. The second-order valence-corrected chi connectivity index (χ2v) is 7.21. The Hall–Kier alpha value is -1.30. The Bertz CT molecular complexity index is 537. The van der Waals surface area contributed by atoms with Gasteiger partial charge in [-0.1, -0.05) is 0 Å². The van der Waals surface area contributed by atoms with E-state index in [0.29, 0.717) is 36.2 Å². The Labute approximate surface area is 138 Å². The molecule has 0 atom stereocenters. The zero-order valence-electron chi connectivity index (χ0n) is 13.1. The average Bonchev–Trinajstić information content (AvgIpc) is 2.42. The molecule has 1 amide bonds. The molecule has 0 aliphatic carbocycles. The van der Waals surface area contributed by atoms with Gasteiger partial charge in [-0.25, -0.2) is 9.18 Å². The molecule has 0 saturated carbocycles. The fourth-order valence-electron chi connectivity index (χ4n) is 2.23. The molecule has 1 fully saturated rings. The first kappa shape index (κ1) is 17.1. The number of likely N-dealkylation sites (tertiary alicyclic amines) is 1. The highest BCUT2D eigenvalue weighted by atomic mass is 79.9. The number of amides is 1. The minimum absolute atomic E-state index is 0.0146. The third kappa shape index (κ3) is 4.87. The molecule has 6 heteroatoms. The third-order valence-electron chi connectivity index (χ3n) is 3.29. The maximum Gasteiger partial charge on any atom is 0.410 e. The Morgan fingerprint density at radius 2 is 1.95 bits per heavy atom. The number of carbonyl (C=O) groups is 1. The fraction of sp³-hybridized carbons (Fsp3) is 0.562. The van der Waals surface area contributed by atoms with Crippen molar-refractivity contribution in [3.05, 3.63) is 28.5 Å². The second-order valence-electron chi connectivity index (χ2n) is 6.36. The van der Waals surface area contributed by atoms with Crippen LogP contribution in [0.15, 0.2) is 22.7 Å². The normalized spacial score (nSPS) is 16.5. The zero-order valence-corrected chi connectivity index (χ0v) is 14.7. The molecule has 0 bridgehead atoms. The molecule has 1 aliphatic rings. The smallest absolute Gasteiger partial charge is 0.410 e. The molecule has 2 rings (SSSR count). The van der Waals surface area contributed by atoms with Crippen molar-refractivity contribution in [1.82, 2.24) is 4.90 Å². The number of hydrogen-bond acceptors (Lipinski definition) is 3. The number of hydrogen-bond donors (Lipinski definition) is 0. The van der Waals surface area contributed by atoms with Crippen LogP contribution in [0.2, 0.25) is 0 Å². The largest absolute Gasteiger partial charge is 0.490 e. The van der Waals surface area contributed by atoms with Crippen molar-refractivity contribution in [3.63, 3.8) is 0 Å². The van der Waals surface area contributed by atoms with Crippen LogP contribution in [0.25, 0.3) is 0 Å². The molecule has 122 valence electrons. The maximum atomic E-state index is 13.5. The number of nitrogens with zero attached hydrogens (tertiary/aromatic N) is 1. The predicted molar refractivity (Wildman–Crippen MR) is 85.6 cm³/mol. The van der Waals surface area contributed by atoms with Gasteiger partial charge in [0.25, 0.3) is 0 Å². The Morgan fingerprint density at radius 1 is 1.32 bits per heavy atom. The van der Waals surface area contributed by atoms with Crippen LogP contribution < -0.4 is 4.74 Å². The summed E-state index contributed by atoms with van der Waals surface area (Å²) in [7, 11) is 0. The molecule has 0 spiro atoms. The highest BCUT2D eigenvalue weighted by Crippen LogP contribution is 2.24. The van der Waals surface area contributed by atoms with Crippen LogP contribution in [0.3, 0.4) is 0 Å². The SMILES string of the molecule is CC(C)(C)OC(=O)N1CCC(Oc2ccc(Br)c(F)c2)CC1. The van der Waals surface area contributed by atoms with Gasteiger partial charge < -0.3 is 14.4 Å². The highest BCUT2D eigenvalue weighted by molar-refractivity contribution is 9.10. The van der Waals surface area contributed by atoms with Crippen molar-refractivity contribution in [2.45, 2.75) is 45.3 Å². The minimum atomic E-state index is -0.487. The van der Waals surface area contributed by atoms with Gasteiger partial charge in [-0.2, -0.15) is 0 Å². The summed E-state index contributed by atoms with van der Waals surface area (Å²) < 4.78 is 25.0. The van der Waals surface area contributed by atoms with Gasteiger partial charge in [0.15, 0.2) is 0 Å². The summed E-state index contributed by atoms with van der Waals surface area (Å²) in [6.07, 6.45) is 1.10. The van der Waals surface area contributed by atoms with E-state index in [-0.39, 0.29) is 18.0 Å². The number of benzene rings is 1. The van der Waals surface area contributed by atoms with Crippen LogP contribution in [0, 0.1) is 5.82 Å². The summed E-state index contributed by atoms with van der Waals surface area (Å²) in [5.74, 6) is 0.167. The van der Waals surface area contributed by atoms with E-state index in [0.717, 1.165) is 0 Å². The summed E-state index contributed by atoms with van der Waals surface area (Å²) in [5.41, 5.74) is -0.487. The second kappa shape index (κ2) is 6.86. The third-order valence-corrected chi connectivity index (χ3v) is 3.93. The number of halogens is 2. The van der Waals surface area contributed by atoms with Crippen molar-refractivity contribution in [1.29, 1.82) is 0 Å². The summed E-state index contributed by atoms with van der Waals surface area (Å²) in [6, 6.07) is 4.72. The number of ether oxygens (including phenoxy) is 2. The zero-order chi connectivity index (χ0) is 16.3. The summed E-state index contributed by atoms with van der Waals surface area (Å²) in [5, 5.41) is 0. The van der Waals surface area contributed by atoms with Gasteiger partial charge in [0.1, 0.15) is 23.3 Å². The molecule has 0 aromatic heterocycles. The Morgan fingerprint density at radius 3 is 2.50 bits per heavy atom. The van der Waals surface area contributed by atoms with Crippen molar-refractivity contribution in [2.24, 2.45) is 0 Å². The predicted octanol–water partition coefficient (Wildman–Crippen LogP) is 4.37. The van der Waals surface area contributed by atoms with Crippen LogP contribution in [-0.4, -0.2) is 35.8 Å². The standard InChI is InChI=1S/C16H21BrFNO3/c1-16(2,3)22-15(20)19-8-6-11(7-9-19)21-12-4-5-13(17)14(18)10-12/h4-5,10-11H,6-9H2,1-3H3. The van der Waals surface area contributed by atoms with Gasteiger partial charge in [0, 0.05) is 32.0 Å². The lowest BCUT2D eigenvalue weighted by Crippen LogP contribution is -2.44. The number of carbonyl (C=O) groups excluding carboxylic acids is 1. The van der Waals surface area contributed by atoms with Crippen molar-refractivity contribution in [2.75, 3.05) is 13.1 Å². The van der Waals surface area contributed by atoms with Gasteiger partial charge in [-0.05, 0) is 48.8 Å². The molecule has 1 heterocycles. The first-order valence-corrected chi connectivity index (χ1v) is 8.13. The quantitative estimate of drug-likeness (QED) is 0.772.